The van der Waals surface area contributed by atoms with E-state index in [1.807, 2.05) is 24.3 Å². The lowest BCUT2D eigenvalue weighted by atomic mass is 9.97. The summed E-state index contributed by atoms with van der Waals surface area (Å²) in [6.45, 7) is 2.55. The summed E-state index contributed by atoms with van der Waals surface area (Å²) in [6.07, 6.45) is 0. The first-order valence-corrected chi connectivity index (χ1v) is 6.17. The minimum atomic E-state index is 0.491. The monoisotopic (exact) mass is 261 g/mol. The Labute approximate surface area is 112 Å². The lowest BCUT2D eigenvalue weighted by molar-refractivity contribution is 0.416. The molecule has 94 valence electrons. The standard InChI is InChI=1S/C15H16ClNO/c1-10-3-4-11(9-17)13(7-10)14-8-12(16)5-6-15(14)18-2/h3-8H,9,17H2,1-2H3. The molecule has 0 atom stereocenters. The molecule has 2 rings (SSSR count). The Morgan fingerprint density at radius 3 is 2.56 bits per heavy atom. The summed E-state index contributed by atoms with van der Waals surface area (Å²) in [4.78, 5) is 0. The fourth-order valence-corrected chi connectivity index (χ4v) is 2.18. The van der Waals surface area contributed by atoms with Crippen molar-refractivity contribution < 1.29 is 4.74 Å². The minimum absolute atomic E-state index is 0.491. The number of hydrogen-bond acceptors (Lipinski definition) is 2. The number of rotatable bonds is 3. The molecule has 0 unspecified atom stereocenters. The van der Waals surface area contributed by atoms with Crippen molar-refractivity contribution in [3.63, 3.8) is 0 Å². The van der Waals surface area contributed by atoms with E-state index in [4.69, 9.17) is 22.1 Å². The van der Waals surface area contributed by atoms with Gasteiger partial charge in [0.05, 0.1) is 7.11 Å². The average Bonchev–Trinajstić information content (AvgIpc) is 2.38. The Balaban J connectivity index is 2.67. The van der Waals surface area contributed by atoms with Crippen molar-refractivity contribution in [3.8, 4) is 16.9 Å². The molecule has 3 heteroatoms. The van der Waals surface area contributed by atoms with Crippen LogP contribution in [0.3, 0.4) is 0 Å². The van der Waals surface area contributed by atoms with Crippen LogP contribution in [0.4, 0.5) is 0 Å². The van der Waals surface area contributed by atoms with E-state index in [0.29, 0.717) is 11.6 Å². The van der Waals surface area contributed by atoms with E-state index in [9.17, 15) is 0 Å². The summed E-state index contributed by atoms with van der Waals surface area (Å²) in [6, 6.07) is 11.8. The molecule has 0 saturated heterocycles. The molecule has 0 radical (unpaired) electrons. The molecule has 0 bridgehead atoms. The lowest BCUT2D eigenvalue weighted by Gasteiger charge is -2.13. The summed E-state index contributed by atoms with van der Waals surface area (Å²) >= 11 is 6.07. The van der Waals surface area contributed by atoms with Crippen molar-refractivity contribution in [2.75, 3.05) is 7.11 Å². The van der Waals surface area contributed by atoms with Gasteiger partial charge in [0.2, 0.25) is 0 Å². The molecule has 18 heavy (non-hydrogen) atoms. The fourth-order valence-electron chi connectivity index (χ4n) is 2.01. The Hall–Kier alpha value is -1.51. The number of nitrogens with two attached hydrogens (primary N) is 1. The molecule has 2 N–H and O–H groups in total. The third-order valence-electron chi connectivity index (χ3n) is 2.94. The predicted molar refractivity (Wildman–Crippen MR) is 76.1 cm³/mol. The van der Waals surface area contributed by atoms with Crippen LogP contribution in [0.15, 0.2) is 36.4 Å². The highest BCUT2D eigenvalue weighted by Crippen LogP contribution is 2.35. The maximum absolute atomic E-state index is 6.07. The predicted octanol–water partition coefficient (Wildman–Crippen LogP) is 3.78. The van der Waals surface area contributed by atoms with Crippen molar-refractivity contribution in [2.45, 2.75) is 13.5 Å². The lowest BCUT2D eigenvalue weighted by Crippen LogP contribution is -2.00. The van der Waals surface area contributed by atoms with Crippen molar-refractivity contribution in [3.05, 3.63) is 52.5 Å². The van der Waals surface area contributed by atoms with Gasteiger partial charge in [0.1, 0.15) is 5.75 Å². The summed E-state index contributed by atoms with van der Waals surface area (Å²) in [7, 11) is 1.66. The molecule has 2 aromatic rings. The van der Waals surface area contributed by atoms with Crippen molar-refractivity contribution in [1.29, 1.82) is 0 Å². The van der Waals surface area contributed by atoms with Crippen molar-refractivity contribution in [1.82, 2.24) is 0 Å². The van der Waals surface area contributed by atoms with Gasteiger partial charge in [-0.2, -0.15) is 0 Å². The van der Waals surface area contributed by atoms with Crippen LogP contribution in [0, 0.1) is 6.92 Å². The quantitative estimate of drug-likeness (QED) is 0.913. The van der Waals surface area contributed by atoms with Gasteiger partial charge >= 0.3 is 0 Å². The van der Waals surface area contributed by atoms with Gasteiger partial charge in [-0.3, -0.25) is 0 Å². The van der Waals surface area contributed by atoms with Gasteiger partial charge in [0, 0.05) is 17.1 Å². The number of ether oxygens (including phenoxy) is 1. The third-order valence-corrected chi connectivity index (χ3v) is 3.17. The molecule has 0 aliphatic carbocycles. The molecule has 2 nitrogen and oxygen atoms in total. The minimum Gasteiger partial charge on any atom is -0.496 e. The number of benzene rings is 2. The normalized spacial score (nSPS) is 10.4. The van der Waals surface area contributed by atoms with Gasteiger partial charge in [-0.05, 0) is 36.2 Å². The van der Waals surface area contributed by atoms with E-state index in [1.54, 1.807) is 7.11 Å². The van der Waals surface area contributed by atoms with Crippen LogP contribution in [0.5, 0.6) is 5.75 Å². The van der Waals surface area contributed by atoms with Crippen LogP contribution >= 0.6 is 11.6 Å². The molecule has 0 aromatic heterocycles. The molecule has 0 heterocycles. The van der Waals surface area contributed by atoms with E-state index in [0.717, 1.165) is 22.4 Å². The maximum Gasteiger partial charge on any atom is 0.126 e. The second-order valence-electron chi connectivity index (χ2n) is 4.21. The van der Waals surface area contributed by atoms with Gasteiger partial charge in [0.25, 0.3) is 0 Å². The van der Waals surface area contributed by atoms with Crippen LogP contribution in [-0.2, 0) is 6.54 Å². The Bertz CT molecular complexity index is 515. The molecule has 0 aliphatic rings. The SMILES string of the molecule is COc1ccc(Cl)cc1-c1cc(C)ccc1CN. The van der Waals surface area contributed by atoms with Crippen LogP contribution in [0.1, 0.15) is 11.1 Å². The zero-order chi connectivity index (χ0) is 13.1. The van der Waals surface area contributed by atoms with E-state index in [-0.39, 0.29) is 0 Å². The molecule has 0 spiro atoms. The van der Waals surface area contributed by atoms with Gasteiger partial charge < -0.3 is 10.5 Å². The second kappa shape index (κ2) is 5.42. The largest absolute Gasteiger partial charge is 0.496 e. The molecule has 0 amide bonds. The second-order valence-corrected chi connectivity index (χ2v) is 4.65. The first kappa shape index (κ1) is 12.9. The Morgan fingerprint density at radius 2 is 1.89 bits per heavy atom. The number of methoxy groups -OCH3 is 1. The van der Waals surface area contributed by atoms with E-state index in [2.05, 4.69) is 19.1 Å². The zero-order valence-electron chi connectivity index (χ0n) is 10.5. The van der Waals surface area contributed by atoms with E-state index < -0.39 is 0 Å². The molecular formula is C15H16ClNO. The summed E-state index contributed by atoms with van der Waals surface area (Å²) in [5.41, 5.74) is 10.1. The summed E-state index contributed by atoms with van der Waals surface area (Å²) in [5.74, 6) is 0.805. The zero-order valence-corrected chi connectivity index (χ0v) is 11.3. The van der Waals surface area contributed by atoms with Gasteiger partial charge in [-0.15, -0.1) is 0 Å². The molecule has 2 aromatic carbocycles. The van der Waals surface area contributed by atoms with Crippen LogP contribution < -0.4 is 10.5 Å². The van der Waals surface area contributed by atoms with E-state index >= 15 is 0 Å². The Morgan fingerprint density at radius 1 is 1.11 bits per heavy atom. The maximum atomic E-state index is 6.07. The van der Waals surface area contributed by atoms with Crippen LogP contribution in [-0.4, -0.2) is 7.11 Å². The Kier molecular flexibility index (Phi) is 3.90. The topological polar surface area (TPSA) is 35.2 Å². The average molecular weight is 262 g/mol. The molecule has 0 saturated carbocycles. The number of halogens is 1. The fraction of sp³-hybridized carbons (Fsp3) is 0.200. The van der Waals surface area contributed by atoms with Crippen LogP contribution in [0.25, 0.3) is 11.1 Å². The van der Waals surface area contributed by atoms with Crippen LogP contribution in [0.2, 0.25) is 5.02 Å². The first-order valence-electron chi connectivity index (χ1n) is 5.79. The first-order chi connectivity index (χ1) is 8.65. The third kappa shape index (κ3) is 2.50. The highest BCUT2D eigenvalue weighted by Gasteiger charge is 2.10. The summed E-state index contributed by atoms with van der Waals surface area (Å²) < 4.78 is 5.39. The highest BCUT2D eigenvalue weighted by atomic mass is 35.5. The number of hydrogen-bond donors (Lipinski definition) is 1. The van der Waals surface area contributed by atoms with Crippen molar-refractivity contribution >= 4 is 11.6 Å². The van der Waals surface area contributed by atoms with Crippen molar-refractivity contribution in [2.24, 2.45) is 5.73 Å². The molecule has 0 fully saturated rings. The number of aryl methyl sites for hydroxylation is 1. The summed E-state index contributed by atoms with van der Waals surface area (Å²) in [5, 5.41) is 0.690. The van der Waals surface area contributed by atoms with Gasteiger partial charge in [0.15, 0.2) is 0 Å². The van der Waals surface area contributed by atoms with E-state index in [1.165, 1.54) is 5.56 Å². The van der Waals surface area contributed by atoms with Gasteiger partial charge in [-0.25, -0.2) is 0 Å². The smallest absolute Gasteiger partial charge is 0.126 e. The van der Waals surface area contributed by atoms with Gasteiger partial charge in [-0.1, -0.05) is 35.4 Å². The molecular weight excluding hydrogens is 246 g/mol. The molecule has 0 aliphatic heterocycles. The highest BCUT2D eigenvalue weighted by molar-refractivity contribution is 6.31.